The summed E-state index contributed by atoms with van der Waals surface area (Å²) in [5.74, 6) is -0.280. The maximum atomic E-state index is 12.2. The minimum atomic E-state index is -4.71. The fraction of sp³-hybridized carbons (Fsp3) is 0.158. The number of hydrogen-bond donors (Lipinski definition) is 1. The third-order valence-electron chi connectivity index (χ3n) is 3.62. The molecule has 9 heteroatoms. The number of anilines is 2. The number of alkyl halides is 3. The molecule has 0 aliphatic carbocycles. The molecule has 2 aromatic carbocycles. The maximum Gasteiger partial charge on any atom is 0.573 e. The van der Waals surface area contributed by atoms with Crippen LogP contribution in [0.2, 0.25) is 0 Å². The molecule has 0 saturated carbocycles. The zero-order chi connectivity index (χ0) is 20.1. The summed E-state index contributed by atoms with van der Waals surface area (Å²) in [4.78, 5) is 0. The van der Waals surface area contributed by atoms with Gasteiger partial charge in [0.1, 0.15) is 17.6 Å². The molecule has 1 aliphatic heterocycles. The van der Waals surface area contributed by atoms with Gasteiger partial charge in [0.25, 0.3) is 0 Å². The summed E-state index contributed by atoms with van der Waals surface area (Å²) >= 11 is 3.42. The van der Waals surface area contributed by atoms with E-state index in [9.17, 15) is 13.2 Å². The van der Waals surface area contributed by atoms with Gasteiger partial charge in [0.15, 0.2) is 0 Å². The minimum Gasteiger partial charge on any atom is -0.492 e. The Morgan fingerprint density at radius 3 is 2.50 bits per heavy atom. The molecular formula is C19H15BrF3N3O2. The number of nitrogens with zero attached hydrogens (tertiary/aromatic N) is 2. The molecule has 0 fully saturated rings. The lowest BCUT2D eigenvalue weighted by Crippen LogP contribution is -2.16. The molecule has 0 radical (unpaired) electrons. The number of hydrogen-bond acceptors (Lipinski definition) is 5. The van der Waals surface area contributed by atoms with Crippen LogP contribution >= 0.6 is 15.9 Å². The average Bonchev–Trinajstić information content (AvgIpc) is 2.62. The fourth-order valence-electron chi connectivity index (χ4n) is 2.35. The van der Waals surface area contributed by atoms with Crippen LogP contribution in [0.1, 0.15) is 6.92 Å². The van der Waals surface area contributed by atoms with E-state index in [0.717, 1.165) is 4.48 Å². The van der Waals surface area contributed by atoms with Crippen LogP contribution < -0.4 is 10.1 Å². The highest BCUT2D eigenvalue weighted by Gasteiger charge is 2.30. The normalized spacial score (nSPS) is 17.0. The summed E-state index contributed by atoms with van der Waals surface area (Å²) in [6.07, 6.45) is -1.60. The number of ether oxygens (including phenoxy) is 2. The second-order valence-corrected chi connectivity index (χ2v) is 6.62. The van der Waals surface area contributed by atoms with Crippen molar-refractivity contribution in [3.05, 3.63) is 71.0 Å². The first kappa shape index (κ1) is 19.9. The van der Waals surface area contributed by atoms with Crippen LogP contribution in [-0.2, 0) is 4.74 Å². The van der Waals surface area contributed by atoms with Crippen molar-refractivity contribution in [3.8, 4) is 5.75 Å². The lowest BCUT2D eigenvalue weighted by molar-refractivity contribution is -0.274. The molecule has 0 saturated heterocycles. The second-order valence-electron chi connectivity index (χ2n) is 5.76. The Morgan fingerprint density at radius 2 is 1.82 bits per heavy atom. The number of azo groups is 1. The molecule has 1 atom stereocenters. The largest absolute Gasteiger partial charge is 0.573 e. The quantitative estimate of drug-likeness (QED) is 0.498. The van der Waals surface area contributed by atoms with Crippen molar-refractivity contribution >= 4 is 33.0 Å². The van der Waals surface area contributed by atoms with E-state index in [0.29, 0.717) is 22.8 Å². The van der Waals surface area contributed by atoms with Crippen molar-refractivity contribution in [2.45, 2.75) is 19.4 Å². The summed E-state index contributed by atoms with van der Waals surface area (Å²) < 4.78 is 46.7. The van der Waals surface area contributed by atoms with Gasteiger partial charge in [-0.1, -0.05) is 6.07 Å². The Kier molecular flexibility index (Phi) is 6.03. The maximum absolute atomic E-state index is 12.2. The van der Waals surface area contributed by atoms with E-state index >= 15 is 0 Å². The van der Waals surface area contributed by atoms with Gasteiger partial charge in [-0.15, -0.1) is 18.3 Å². The van der Waals surface area contributed by atoms with Gasteiger partial charge in [-0.3, -0.25) is 0 Å². The number of rotatable bonds is 5. The number of allylic oxidation sites excluding steroid dienone is 2. The first-order valence-electron chi connectivity index (χ1n) is 8.16. The summed E-state index contributed by atoms with van der Waals surface area (Å²) in [6.45, 7) is 1.86. The third-order valence-corrected chi connectivity index (χ3v) is 4.29. The highest BCUT2D eigenvalue weighted by Crippen LogP contribution is 2.29. The summed E-state index contributed by atoms with van der Waals surface area (Å²) in [5, 5.41) is 11.6. The monoisotopic (exact) mass is 453 g/mol. The predicted molar refractivity (Wildman–Crippen MR) is 103 cm³/mol. The van der Waals surface area contributed by atoms with Crippen molar-refractivity contribution < 1.29 is 22.6 Å². The van der Waals surface area contributed by atoms with Crippen LogP contribution in [0, 0.1) is 0 Å². The van der Waals surface area contributed by atoms with Crippen LogP contribution in [0.5, 0.6) is 5.75 Å². The van der Waals surface area contributed by atoms with Gasteiger partial charge >= 0.3 is 6.36 Å². The smallest absolute Gasteiger partial charge is 0.492 e. The molecule has 1 N–H and O–H groups in total. The molecule has 0 amide bonds. The van der Waals surface area contributed by atoms with Crippen molar-refractivity contribution in [1.29, 1.82) is 0 Å². The number of nitrogens with one attached hydrogen (secondary N) is 1. The van der Waals surface area contributed by atoms with Gasteiger partial charge in [-0.25, -0.2) is 0 Å². The molecule has 0 aromatic heterocycles. The van der Waals surface area contributed by atoms with Crippen LogP contribution in [-0.4, -0.2) is 12.5 Å². The zero-order valence-corrected chi connectivity index (χ0v) is 16.2. The zero-order valence-electron chi connectivity index (χ0n) is 14.6. The molecule has 2 aromatic rings. The van der Waals surface area contributed by atoms with Crippen molar-refractivity contribution in [3.63, 3.8) is 0 Å². The van der Waals surface area contributed by atoms with Crippen molar-refractivity contribution in [1.82, 2.24) is 0 Å². The van der Waals surface area contributed by atoms with Crippen molar-refractivity contribution in [2.24, 2.45) is 10.2 Å². The first-order valence-corrected chi connectivity index (χ1v) is 8.96. The van der Waals surface area contributed by atoms with E-state index in [2.05, 4.69) is 36.2 Å². The molecule has 1 aliphatic rings. The average molecular weight is 454 g/mol. The van der Waals surface area contributed by atoms with E-state index in [-0.39, 0.29) is 11.9 Å². The Bertz CT molecular complexity index is 925. The molecule has 1 unspecified atom stereocenters. The highest BCUT2D eigenvalue weighted by atomic mass is 79.9. The van der Waals surface area contributed by atoms with Crippen LogP contribution in [0.25, 0.3) is 0 Å². The standard InChI is InChI=1S/C19H15BrF3N3O2/c1-12-18(17(20)9-10-27-12)26-25-15-4-2-3-14(11-15)24-13-5-7-16(8-6-13)28-19(21,22)23/h2-12,24H,1H3. The molecule has 146 valence electrons. The van der Waals surface area contributed by atoms with E-state index < -0.39 is 6.36 Å². The SMILES string of the molecule is CC1OC=CC(Br)=C1N=Nc1cccc(Nc2ccc(OC(F)(F)F)cc2)c1. The molecular weight excluding hydrogens is 439 g/mol. The fourth-order valence-corrected chi connectivity index (χ4v) is 2.86. The van der Waals surface area contributed by atoms with Crippen LogP contribution in [0.15, 0.2) is 81.3 Å². The summed E-state index contributed by atoms with van der Waals surface area (Å²) in [6, 6.07) is 12.6. The Labute approximate surface area is 167 Å². The van der Waals surface area contributed by atoms with Crippen molar-refractivity contribution in [2.75, 3.05) is 5.32 Å². The van der Waals surface area contributed by atoms with E-state index in [1.54, 1.807) is 30.5 Å². The van der Waals surface area contributed by atoms with E-state index in [4.69, 9.17) is 4.74 Å². The minimum absolute atomic E-state index is 0.220. The topological polar surface area (TPSA) is 55.2 Å². The Balaban J connectivity index is 1.70. The van der Waals surface area contributed by atoms with Gasteiger partial charge in [0.05, 0.1) is 11.9 Å². The molecule has 28 heavy (non-hydrogen) atoms. The van der Waals surface area contributed by atoms with Gasteiger partial charge in [-0.05, 0) is 71.4 Å². The lowest BCUT2D eigenvalue weighted by Gasteiger charge is -2.16. The van der Waals surface area contributed by atoms with Gasteiger partial charge in [-0.2, -0.15) is 5.11 Å². The van der Waals surface area contributed by atoms with Gasteiger partial charge < -0.3 is 14.8 Å². The van der Waals surface area contributed by atoms with E-state index in [1.165, 1.54) is 24.3 Å². The second kappa shape index (κ2) is 8.47. The summed E-state index contributed by atoms with van der Waals surface area (Å²) in [7, 11) is 0. The van der Waals surface area contributed by atoms with Gasteiger partial charge in [0.2, 0.25) is 0 Å². The molecule has 0 bridgehead atoms. The predicted octanol–water partition coefficient (Wildman–Crippen LogP) is 6.95. The van der Waals surface area contributed by atoms with Crippen LogP contribution in [0.4, 0.5) is 30.2 Å². The molecule has 5 nitrogen and oxygen atoms in total. The van der Waals surface area contributed by atoms with Crippen LogP contribution in [0.3, 0.4) is 0 Å². The highest BCUT2D eigenvalue weighted by molar-refractivity contribution is 9.11. The molecule has 0 spiro atoms. The molecule has 1 heterocycles. The first-order chi connectivity index (χ1) is 13.3. The van der Waals surface area contributed by atoms with Gasteiger partial charge in [0, 0.05) is 15.9 Å². The summed E-state index contributed by atoms with van der Waals surface area (Å²) in [5.41, 5.74) is 2.59. The third kappa shape index (κ3) is 5.59. The Morgan fingerprint density at radius 1 is 1.07 bits per heavy atom. The lowest BCUT2D eigenvalue weighted by atomic mass is 10.2. The Hall–Kier alpha value is -2.81. The number of benzene rings is 2. The number of halogens is 4. The molecule has 3 rings (SSSR count). The van der Waals surface area contributed by atoms with E-state index in [1.807, 2.05) is 13.0 Å².